The van der Waals surface area contributed by atoms with Crippen LogP contribution in [0.4, 0.5) is 4.79 Å². The molecule has 0 spiro atoms. The van der Waals surface area contributed by atoms with Crippen LogP contribution in [0.25, 0.3) is 0 Å². The molecular formula is C13H24N2O2S. The third-order valence-corrected chi connectivity index (χ3v) is 3.30. The van der Waals surface area contributed by atoms with E-state index < -0.39 is 5.60 Å². The second kappa shape index (κ2) is 5.03. The molecule has 1 saturated heterocycles. The van der Waals surface area contributed by atoms with E-state index in [0.717, 1.165) is 12.8 Å². The van der Waals surface area contributed by atoms with Gasteiger partial charge in [-0.05, 0) is 39.0 Å². The number of nitrogens with two attached hydrogens (primary N) is 1. The lowest BCUT2D eigenvalue weighted by molar-refractivity contribution is 0.00222. The molecule has 18 heavy (non-hydrogen) atoms. The van der Waals surface area contributed by atoms with Crippen LogP contribution in [-0.2, 0) is 4.74 Å². The lowest BCUT2D eigenvalue weighted by Gasteiger charge is -2.43. The highest BCUT2D eigenvalue weighted by Gasteiger charge is 2.38. The molecule has 1 fully saturated rings. The highest BCUT2D eigenvalue weighted by molar-refractivity contribution is 7.80. The Bertz CT molecular complexity index is 347. The van der Waals surface area contributed by atoms with Crippen molar-refractivity contribution in [3.63, 3.8) is 0 Å². The summed E-state index contributed by atoms with van der Waals surface area (Å²) in [6.45, 7) is 10.5. The van der Waals surface area contributed by atoms with E-state index in [1.807, 2.05) is 20.8 Å². The molecule has 0 aromatic rings. The Morgan fingerprint density at radius 3 is 2.44 bits per heavy atom. The van der Waals surface area contributed by atoms with Crippen molar-refractivity contribution in [1.82, 2.24) is 4.90 Å². The second-order valence-electron chi connectivity index (χ2n) is 6.73. The molecule has 1 atom stereocenters. The van der Waals surface area contributed by atoms with Crippen LogP contribution in [0.1, 0.15) is 47.5 Å². The molecule has 0 saturated carbocycles. The number of carbonyl (C=O) groups is 1. The number of thiocarbonyl (C=S) groups is 1. The number of ether oxygens (including phenoxy) is 1. The first-order valence-electron chi connectivity index (χ1n) is 6.31. The minimum atomic E-state index is -0.501. The molecule has 5 heteroatoms. The SMILES string of the molecule is CC1(C)CCC(C(N)=S)N(C(=O)OC(C)(C)C)C1. The smallest absolute Gasteiger partial charge is 0.410 e. The number of likely N-dealkylation sites (tertiary alicyclic amines) is 1. The van der Waals surface area contributed by atoms with Gasteiger partial charge in [-0.15, -0.1) is 0 Å². The summed E-state index contributed by atoms with van der Waals surface area (Å²) in [6, 6.07) is -0.178. The van der Waals surface area contributed by atoms with Crippen molar-refractivity contribution in [3.8, 4) is 0 Å². The van der Waals surface area contributed by atoms with Crippen molar-refractivity contribution in [2.24, 2.45) is 11.1 Å². The molecule has 4 nitrogen and oxygen atoms in total. The van der Waals surface area contributed by atoms with E-state index >= 15 is 0 Å². The van der Waals surface area contributed by atoms with Crippen molar-refractivity contribution in [1.29, 1.82) is 0 Å². The van der Waals surface area contributed by atoms with E-state index in [2.05, 4.69) is 13.8 Å². The molecule has 1 aliphatic heterocycles. The molecule has 2 N–H and O–H groups in total. The highest BCUT2D eigenvalue weighted by atomic mass is 32.1. The molecule has 1 aliphatic rings. The summed E-state index contributed by atoms with van der Waals surface area (Å²) in [6.07, 6.45) is 1.49. The van der Waals surface area contributed by atoms with E-state index in [-0.39, 0.29) is 17.6 Å². The molecular weight excluding hydrogens is 248 g/mol. The Labute approximate surface area is 115 Å². The number of rotatable bonds is 1. The van der Waals surface area contributed by atoms with Gasteiger partial charge in [-0.3, -0.25) is 4.90 Å². The minimum Gasteiger partial charge on any atom is -0.444 e. The third-order valence-electron chi connectivity index (χ3n) is 3.03. The molecule has 0 aromatic carbocycles. The van der Waals surface area contributed by atoms with Crippen LogP contribution in [-0.4, -0.2) is 34.2 Å². The molecule has 0 radical (unpaired) electrons. The Morgan fingerprint density at radius 2 is 2.00 bits per heavy atom. The van der Waals surface area contributed by atoms with E-state index in [1.165, 1.54) is 0 Å². The van der Waals surface area contributed by atoms with Gasteiger partial charge < -0.3 is 10.5 Å². The topological polar surface area (TPSA) is 55.6 Å². The van der Waals surface area contributed by atoms with Gasteiger partial charge in [0.05, 0.1) is 11.0 Å². The molecule has 0 bridgehead atoms. The van der Waals surface area contributed by atoms with Crippen molar-refractivity contribution in [3.05, 3.63) is 0 Å². The van der Waals surface area contributed by atoms with Gasteiger partial charge in [0.2, 0.25) is 0 Å². The number of hydrogen-bond acceptors (Lipinski definition) is 3. The van der Waals surface area contributed by atoms with Crippen LogP contribution in [0.5, 0.6) is 0 Å². The summed E-state index contributed by atoms with van der Waals surface area (Å²) >= 11 is 5.06. The Balaban J connectivity index is 2.85. The zero-order valence-electron chi connectivity index (χ0n) is 11.9. The van der Waals surface area contributed by atoms with Crippen molar-refractivity contribution < 1.29 is 9.53 Å². The first-order valence-corrected chi connectivity index (χ1v) is 6.72. The molecule has 0 aromatic heterocycles. The van der Waals surface area contributed by atoms with Crippen LogP contribution in [0, 0.1) is 5.41 Å². The number of carbonyl (C=O) groups excluding carboxylic acids is 1. The first-order chi connectivity index (χ1) is 8.02. The van der Waals surface area contributed by atoms with E-state index in [0.29, 0.717) is 11.5 Å². The lowest BCUT2D eigenvalue weighted by Crippen LogP contribution is -2.55. The summed E-state index contributed by atoms with van der Waals surface area (Å²) in [7, 11) is 0. The number of nitrogens with zero attached hydrogens (tertiary/aromatic N) is 1. The summed E-state index contributed by atoms with van der Waals surface area (Å²) < 4.78 is 5.42. The van der Waals surface area contributed by atoms with Gasteiger partial charge in [-0.25, -0.2) is 4.79 Å². The van der Waals surface area contributed by atoms with Gasteiger partial charge in [0.15, 0.2) is 0 Å². The standard InChI is InChI=1S/C13H24N2O2S/c1-12(2,3)17-11(16)15-8-13(4,5)7-6-9(15)10(14)18/h9H,6-8H2,1-5H3,(H2,14,18). The van der Waals surface area contributed by atoms with Crippen LogP contribution in [0.3, 0.4) is 0 Å². The van der Waals surface area contributed by atoms with E-state index in [4.69, 9.17) is 22.7 Å². The summed E-state index contributed by atoms with van der Waals surface area (Å²) in [5.41, 5.74) is 5.31. The lowest BCUT2D eigenvalue weighted by atomic mass is 9.81. The summed E-state index contributed by atoms with van der Waals surface area (Å²) in [4.78, 5) is 14.3. The van der Waals surface area contributed by atoms with Crippen molar-refractivity contribution in [2.75, 3.05) is 6.54 Å². The fraction of sp³-hybridized carbons (Fsp3) is 0.846. The third kappa shape index (κ3) is 4.12. The summed E-state index contributed by atoms with van der Waals surface area (Å²) in [5.74, 6) is 0. The first kappa shape index (κ1) is 15.2. The maximum absolute atomic E-state index is 12.2. The van der Waals surface area contributed by atoms with Gasteiger partial charge in [-0.1, -0.05) is 26.1 Å². The molecule has 1 unspecified atom stereocenters. The highest BCUT2D eigenvalue weighted by Crippen LogP contribution is 2.33. The molecule has 1 heterocycles. The fourth-order valence-corrected chi connectivity index (χ4v) is 2.39. The van der Waals surface area contributed by atoms with Gasteiger partial charge >= 0.3 is 6.09 Å². The van der Waals surface area contributed by atoms with Gasteiger partial charge in [0.1, 0.15) is 5.60 Å². The molecule has 1 rings (SSSR count). The van der Waals surface area contributed by atoms with Crippen molar-refractivity contribution in [2.45, 2.75) is 59.1 Å². The quantitative estimate of drug-likeness (QED) is 0.746. The normalized spacial score (nSPS) is 23.6. The average Bonchev–Trinajstić information content (AvgIpc) is 2.12. The Hall–Kier alpha value is -0.840. The molecule has 104 valence electrons. The Kier molecular flexibility index (Phi) is 4.26. The summed E-state index contributed by atoms with van der Waals surface area (Å²) in [5, 5.41) is 0. The van der Waals surface area contributed by atoms with Gasteiger partial charge in [-0.2, -0.15) is 0 Å². The van der Waals surface area contributed by atoms with Crippen LogP contribution >= 0.6 is 12.2 Å². The maximum Gasteiger partial charge on any atom is 0.410 e. The number of amides is 1. The van der Waals surface area contributed by atoms with E-state index in [9.17, 15) is 4.79 Å². The van der Waals surface area contributed by atoms with Crippen LogP contribution in [0.2, 0.25) is 0 Å². The van der Waals surface area contributed by atoms with Gasteiger partial charge in [0.25, 0.3) is 0 Å². The zero-order chi connectivity index (χ0) is 14.1. The number of piperidine rings is 1. The minimum absolute atomic E-state index is 0.0815. The monoisotopic (exact) mass is 272 g/mol. The van der Waals surface area contributed by atoms with Crippen molar-refractivity contribution >= 4 is 23.3 Å². The van der Waals surface area contributed by atoms with Gasteiger partial charge in [0, 0.05) is 6.54 Å². The fourth-order valence-electron chi connectivity index (χ4n) is 2.14. The van der Waals surface area contributed by atoms with Crippen LogP contribution < -0.4 is 5.73 Å². The zero-order valence-corrected chi connectivity index (χ0v) is 12.8. The maximum atomic E-state index is 12.2. The Morgan fingerprint density at radius 1 is 1.44 bits per heavy atom. The number of hydrogen-bond donors (Lipinski definition) is 1. The predicted molar refractivity (Wildman–Crippen MR) is 76.5 cm³/mol. The predicted octanol–water partition coefficient (Wildman–Crippen LogP) is 2.70. The molecule has 1 amide bonds. The average molecular weight is 272 g/mol. The molecule has 0 aliphatic carbocycles. The van der Waals surface area contributed by atoms with Crippen LogP contribution in [0.15, 0.2) is 0 Å². The largest absolute Gasteiger partial charge is 0.444 e. The second-order valence-corrected chi connectivity index (χ2v) is 7.20. The van der Waals surface area contributed by atoms with E-state index in [1.54, 1.807) is 4.90 Å².